The standard InChI is InChI=1S/C20H18N2O3S/c1-14-12-15(21-19(23)13-25-16-6-3-2-4-7-16)9-10-17(14)22-20(24)18-8-5-11-26-18/h2-12H,13H2,1H3,(H,21,23)(H,22,24). The first-order valence-corrected chi connectivity index (χ1v) is 8.93. The summed E-state index contributed by atoms with van der Waals surface area (Å²) >= 11 is 1.39. The molecule has 6 heteroatoms. The number of amides is 2. The molecule has 132 valence electrons. The Morgan fingerprint density at radius 2 is 1.81 bits per heavy atom. The first-order chi connectivity index (χ1) is 12.6. The molecule has 0 radical (unpaired) electrons. The SMILES string of the molecule is Cc1cc(NC(=O)COc2ccccc2)ccc1NC(=O)c1cccs1. The summed E-state index contributed by atoms with van der Waals surface area (Å²) in [5.41, 5.74) is 2.22. The van der Waals surface area contributed by atoms with Gasteiger partial charge in [0.05, 0.1) is 4.88 Å². The molecule has 0 aliphatic carbocycles. The smallest absolute Gasteiger partial charge is 0.265 e. The fourth-order valence-corrected chi connectivity index (χ4v) is 2.95. The van der Waals surface area contributed by atoms with Crippen LogP contribution in [-0.2, 0) is 4.79 Å². The maximum absolute atomic E-state index is 12.1. The summed E-state index contributed by atoms with van der Waals surface area (Å²) in [5.74, 6) is 0.255. The summed E-state index contributed by atoms with van der Waals surface area (Å²) in [6.45, 7) is 1.81. The molecule has 0 fully saturated rings. The lowest BCUT2D eigenvalue weighted by molar-refractivity contribution is -0.118. The third-order valence-corrected chi connectivity index (χ3v) is 4.49. The van der Waals surface area contributed by atoms with Gasteiger partial charge in [0, 0.05) is 11.4 Å². The maximum Gasteiger partial charge on any atom is 0.265 e. The average molecular weight is 366 g/mol. The molecule has 1 heterocycles. The fourth-order valence-electron chi connectivity index (χ4n) is 2.34. The van der Waals surface area contributed by atoms with Crippen LogP contribution in [0, 0.1) is 6.92 Å². The van der Waals surface area contributed by atoms with Crippen LogP contribution >= 0.6 is 11.3 Å². The van der Waals surface area contributed by atoms with Gasteiger partial charge in [0.1, 0.15) is 5.75 Å². The minimum Gasteiger partial charge on any atom is -0.484 e. The Morgan fingerprint density at radius 3 is 2.50 bits per heavy atom. The number of aryl methyl sites for hydroxylation is 1. The molecule has 3 aromatic rings. The molecule has 0 atom stereocenters. The van der Waals surface area contributed by atoms with Crippen molar-refractivity contribution < 1.29 is 14.3 Å². The van der Waals surface area contributed by atoms with Gasteiger partial charge in [-0.3, -0.25) is 9.59 Å². The quantitative estimate of drug-likeness (QED) is 0.682. The molecule has 5 nitrogen and oxygen atoms in total. The Labute approximate surface area is 155 Å². The van der Waals surface area contributed by atoms with Gasteiger partial charge in [-0.1, -0.05) is 24.3 Å². The lowest BCUT2D eigenvalue weighted by Gasteiger charge is -2.11. The van der Waals surface area contributed by atoms with Crippen LogP contribution in [-0.4, -0.2) is 18.4 Å². The van der Waals surface area contributed by atoms with Crippen molar-refractivity contribution in [2.24, 2.45) is 0 Å². The minimum absolute atomic E-state index is 0.0695. The highest BCUT2D eigenvalue weighted by atomic mass is 32.1. The van der Waals surface area contributed by atoms with Crippen LogP contribution in [0.15, 0.2) is 66.0 Å². The molecule has 3 rings (SSSR count). The van der Waals surface area contributed by atoms with E-state index in [0.29, 0.717) is 22.0 Å². The monoisotopic (exact) mass is 366 g/mol. The third-order valence-electron chi connectivity index (χ3n) is 3.62. The van der Waals surface area contributed by atoms with Gasteiger partial charge in [-0.2, -0.15) is 0 Å². The summed E-state index contributed by atoms with van der Waals surface area (Å²) in [5, 5.41) is 7.52. The van der Waals surface area contributed by atoms with Crippen LogP contribution < -0.4 is 15.4 Å². The lowest BCUT2D eigenvalue weighted by Crippen LogP contribution is -2.20. The summed E-state index contributed by atoms with van der Waals surface area (Å²) in [6.07, 6.45) is 0. The van der Waals surface area contributed by atoms with Gasteiger partial charge in [0.2, 0.25) is 0 Å². The lowest BCUT2D eigenvalue weighted by atomic mass is 10.1. The minimum atomic E-state index is -0.247. The number of hydrogen-bond acceptors (Lipinski definition) is 4. The fraction of sp³-hybridized carbons (Fsp3) is 0.100. The van der Waals surface area contributed by atoms with Gasteiger partial charge in [-0.05, 0) is 54.3 Å². The molecule has 0 saturated carbocycles. The largest absolute Gasteiger partial charge is 0.484 e. The molecule has 0 spiro atoms. The predicted octanol–water partition coefficient (Wildman–Crippen LogP) is 4.33. The van der Waals surface area contributed by atoms with Gasteiger partial charge in [-0.25, -0.2) is 0 Å². The molecule has 2 N–H and O–H groups in total. The van der Waals surface area contributed by atoms with Gasteiger partial charge in [0.25, 0.3) is 11.8 Å². The van der Waals surface area contributed by atoms with Crippen LogP contribution in [0.2, 0.25) is 0 Å². The Kier molecular flexibility index (Phi) is 5.66. The van der Waals surface area contributed by atoms with Crippen LogP contribution in [0.1, 0.15) is 15.2 Å². The van der Waals surface area contributed by atoms with E-state index in [1.165, 1.54) is 11.3 Å². The van der Waals surface area contributed by atoms with Crippen molar-refractivity contribution in [3.8, 4) is 5.75 Å². The molecule has 26 heavy (non-hydrogen) atoms. The van der Waals surface area contributed by atoms with Crippen molar-refractivity contribution in [3.63, 3.8) is 0 Å². The molecule has 1 aromatic heterocycles. The Morgan fingerprint density at radius 1 is 1.00 bits per heavy atom. The topological polar surface area (TPSA) is 67.4 Å². The van der Waals surface area contributed by atoms with Crippen molar-refractivity contribution in [2.75, 3.05) is 17.2 Å². The zero-order valence-electron chi connectivity index (χ0n) is 14.2. The number of nitrogens with one attached hydrogen (secondary N) is 2. The summed E-state index contributed by atoms with van der Waals surface area (Å²) in [6, 6.07) is 18.1. The van der Waals surface area contributed by atoms with Crippen molar-refractivity contribution >= 4 is 34.5 Å². The average Bonchev–Trinajstić information content (AvgIpc) is 3.18. The highest BCUT2D eigenvalue weighted by Crippen LogP contribution is 2.21. The second-order valence-corrected chi connectivity index (χ2v) is 6.56. The van der Waals surface area contributed by atoms with Crippen molar-refractivity contribution in [1.82, 2.24) is 0 Å². The van der Waals surface area contributed by atoms with Crippen LogP contribution in [0.25, 0.3) is 0 Å². The molecule has 0 aliphatic rings. The zero-order valence-corrected chi connectivity index (χ0v) is 15.0. The van der Waals surface area contributed by atoms with Crippen molar-refractivity contribution in [1.29, 1.82) is 0 Å². The van der Waals surface area contributed by atoms with E-state index in [2.05, 4.69) is 10.6 Å². The first-order valence-electron chi connectivity index (χ1n) is 8.05. The maximum atomic E-state index is 12.1. The number of thiophene rings is 1. The molecular formula is C20H18N2O3S. The predicted molar refractivity (Wildman–Crippen MR) is 104 cm³/mol. The molecule has 0 bridgehead atoms. The Hall–Kier alpha value is -3.12. The van der Waals surface area contributed by atoms with E-state index in [1.807, 2.05) is 42.6 Å². The van der Waals surface area contributed by atoms with Crippen LogP contribution in [0.5, 0.6) is 5.75 Å². The normalized spacial score (nSPS) is 10.2. The van der Waals surface area contributed by atoms with Crippen molar-refractivity contribution in [2.45, 2.75) is 6.92 Å². The Bertz CT molecular complexity index is 893. The molecule has 2 amide bonds. The Balaban J connectivity index is 1.57. The van der Waals surface area contributed by atoms with E-state index in [9.17, 15) is 9.59 Å². The first kappa shape index (κ1) is 17.7. The van der Waals surface area contributed by atoms with E-state index in [-0.39, 0.29) is 18.4 Å². The summed E-state index contributed by atoms with van der Waals surface area (Å²) in [7, 11) is 0. The number of carbonyl (C=O) groups is 2. The van der Waals surface area contributed by atoms with Gasteiger partial charge < -0.3 is 15.4 Å². The number of ether oxygens (including phenoxy) is 1. The second kappa shape index (κ2) is 8.31. The van der Waals surface area contributed by atoms with Crippen LogP contribution in [0.4, 0.5) is 11.4 Å². The number of hydrogen-bond donors (Lipinski definition) is 2. The van der Waals surface area contributed by atoms with E-state index in [4.69, 9.17) is 4.74 Å². The van der Waals surface area contributed by atoms with E-state index < -0.39 is 0 Å². The number of carbonyl (C=O) groups excluding carboxylic acids is 2. The zero-order chi connectivity index (χ0) is 18.4. The van der Waals surface area contributed by atoms with E-state index >= 15 is 0 Å². The summed E-state index contributed by atoms with van der Waals surface area (Å²) in [4.78, 5) is 24.8. The highest BCUT2D eigenvalue weighted by molar-refractivity contribution is 7.12. The molecule has 2 aromatic carbocycles. The third kappa shape index (κ3) is 4.70. The molecule has 0 unspecified atom stereocenters. The highest BCUT2D eigenvalue weighted by Gasteiger charge is 2.10. The van der Waals surface area contributed by atoms with E-state index in [0.717, 1.165) is 5.56 Å². The van der Waals surface area contributed by atoms with Gasteiger partial charge >= 0.3 is 0 Å². The molecular weight excluding hydrogens is 348 g/mol. The van der Waals surface area contributed by atoms with Crippen LogP contribution in [0.3, 0.4) is 0 Å². The van der Waals surface area contributed by atoms with Gasteiger partial charge in [-0.15, -0.1) is 11.3 Å². The second-order valence-electron chi connectivity index (χ2n) is 5.61. The number of benzene rings is 2. The number of para-hydroxylation sites is 1. The summed E-state index contributed by atoms with van der Waals surface area (Å²) < 4.78 is 5.42. The van der Waals surface area contributed by atoms with Gasteiger partial charge in [0.15, 0.2) is 6.61 Å². The number of rotatable bonds is 6. The van der Waals surface area contributed by atoms with E-state index in [1.54, 1.807) is 30.3 Å². The van der Waals surface area contributed by atoms with Crippen molar-refractivity contribution in [3.05, 3.63) is 76.5 Å². The molecule has 0 aliphatic heterocycles. The molecule has 0 saturated heterocycles. The number of anilines is 2.